The molecule has 1 aromatic heterocycles. The Kier molecular flexibility index (Phi) is 7.11. The van der Waals surface area contributed by atoms with Crippen LogP contribution >= 0.6 is 23.1 Å². The van der Waals surface area contributed by atoms with E-state index in [-0.39, 0.29) is 11.9 Å². The summed E-state index contributed by atoms with van der Waals surface area (Å²) in [4.78, 5) is 18.4. The van der Waals surface area contributed by atoms with Gasteiger partial charge in [0.05, 0.1) is 16.3 Å². The number of thiazole rings is 1. The largest absolute Gasteiger partial charge is 0.348 e. The molecule has 1 saturated carbocycles. The first kappa shape index (κ1) is 19.4. The highest BCUT2D eigenvalue weighted by atomic mass is 32.2. The standard InChI is InChI=1S/C20H27N3OS2/c1-14-22-16(12-25-14)13-26-19-10-6-5-9-17(19)20(24)23-18(11-21)15-7-3-2-4-8-15/h5-6,9-10,12,15,18H,2-4,7-8,11,13,21H2,1H3,(H,23,24). The number of rotatable bonds is 7. The average molecular weight is 390 g/mol. The molecule has 1 aliphatic carbocycles. The Hall–Kier alpha value is -1.37. The van der Waals surface area contributed by atoms with Crippen LogP contribution in [-0.2, 0) is 5.75 Å². The van der Waals surface area contributed by atoms with Crippen LogP contribution in [0.25, 0.3) is 0 Å². The van der Waals surface area contributed by atoms with E-state index in [2.05, 4.69) is 15.7 Å². The van der Waals surface area contributed by atoms with Crippen molar-refractivity contribution in [2.75, 3.05) is 6.54 Å². The topological polar surface area (TPSA) is 68.0 Å². The molecule has 1 heterocycles. The highest BCUT2D eigenvalue weighted by molar-refractivity contribution is 7.98. The van der Waals surface area contributed by atoms with Crippen molar-refractivity contribution in [2.24, 2.45) is 11.7 Å². The van der Waals surface area contributed by atoms with E-state index in [1.807, 2.05) is 31.2 Å². The predicted molar refractivity (Wildman–Crippen MR) is 110 cm³/mol. The first-order valence-corrected chi connectivity index (χ1v) is 11.2. The van der Waals surface area contributed by atoms with Crippen molar-refractivity contribution < 1.29 is 4.79 Å². The second-order valence-electron chi connectivity index (χ2n) is 6.86. The number of carbonyl (C=O) groups is 1. The van der Waals surface area contributed by atoms with Gasteiger partial charge in [-0.1, -0.05) is 31.4 Å². The summed E-state index contributed by atoms with van der Waals surface area (Å²) < 4.78 is 0. The molecule has 0 bridgehead atoms. The molecule has 1 fully saturated rings. The van der Waals surface area contributed by atoms with E-state index in [9.17, 15) is 4.79 Å². The highest BCUT2D eigenvalue weighted by Crippen LogP contribution is 2.29. The third-order valence-corrected chi connectivity index (χ3v) is 6.89. The molecule has 26 heavy (non-hydrogen) atoms. The number of amides is 1. The Morgan fingerprint density at radius 1 is 1.35 bits per heavy atom. The minimum atomic E-state index is -0.0106. The van der Waals surface area contributed by atoms with E-state index < -0.39 is 0 Å². The second kappa shape index (κ2) is 9.53. The number of nitrogens with two attached hydrogens (primary N) is 1. The van der Waals surface area contributed by atoms with Gasteiger partial charge in [-0.3, -0.25) is 4.79 Å². The minimum absolute atomic E-state index is 0.0106. The number of nitrogens with one attached hydrogen (secondary N) is 1. The zero-order valence-electron chi connectivity index (χ0n) is 15.2. The summed E-state index contributed by atoms with van der Waals surface area (Å²) >= 11 is 3.32. The van der Waals surface area contributed by atoms with Crippen LogP contribution in [0.2, 0.25) is 0 Å². The van der Waals surface area contributed by atoms with Gasteiger partial charge in [0.2, 0.25) is 0 Å². The Morgan fingerprint density at radius 2 is 2.12 bits per heavy atom. The van der Waals surface area contributed by atoms with Crippen LogP contribution in [0.15, 0.2) is 34.5 Å². The summed E-state index contributed by atoms with van der Waals surface area (Å²) in [6.45, 7) is 2.52. The molecule has 0 saturated heterocycles. The molecular weight excluding hydrogens is 362 g/mol. The molecule has 0 spiro atoms. The van der Waals surface area contributed by atoms with Crippen molar-refractivity contribution in [3.8, 4) is 0 Å². The first-order chi connectivity index (χ1) is 12.7. The molecular formula is C20H27N3OS2. The summed E-state index contributed by atoms with van der Waals surface area (Å²) in [7, 11) is 0. The van der Waals surface area contributed by atoms with E-state index in [1.165, 1.54) is 32.1 Å². The maximum Gasteiger partial charge on any atom is 0.252 e. The fourth-order valence-electron chi connectivity index (χ4n) is 3.56. The molecule has 3 N–H and O–H groups in total. The molecule has 1 unspecified atom stereocenters. The predicted octanol–water partition coefficient (Wildman–Crippen LogP) is 4.38. The van der Waals surface area contributed by atoms with Gasteiger partial charge < -0.3 is 11.1 Å². The summed E-state index contributed by atoms with van der Waals surface area (Å²) in [5.41, 5.74) is 7.78. The normalized spacial score (nSPS) is 16.4. The molecule has 0 radical (unpaired) electrons. The second-order valence-corrected chi connectivity index (χ2v) is 8.94. The van der Waals surface area contributed by atoms with Gasteiger partial charge in [0.15, 0.2) is 0 Å². The zero-order valence-corrected chi connectivity index (χ0v) is 16.9. The van der Waals surface area contributed by atoms with Crippen molar-refractivity contribution in [2.45, 2.75) is 55.7 Å². The van der Waals surface area contributed by atoms with Gasteiger partial charge in [-0.2, -0.15) is 0 Å². The van der Waals surface area contributed by atoms with Gasteiger partial charge in [0.1, 0.15) is 0 Å². The number of aryl methyl sites for hydroxylation is 1. The van der Waals surface area contributed by atoms with Gasteiger partial charge in [0.25, 0.3) is 5.91 Å². The molecule has 1 aliphatic rings. The van der Waals surface area contributed by atoms with Crippen molar-refractivity contribution in [3.63, 3.8) is 0 Å². The minimum Gasteiger partial charge on any atom is -0.348 e. The molecule has 2 aromatic rings. The molecule has 140 valence electrons. The molecule has 1 amide bonds. The van der Waals surface area contributed by atoms with E-state index in [0.717, 1.165) is 26.9 Å². The lowest BCUT2D eigenvalue weighted by molar-refractivity contribution is 0.0912. The van der Waals surface area contributed by atoms with Crippen LogP contribution in [0.4, 0.5) is 0 Å². The summed E-state index contributed by atoms with van der Waals surface area (Å²) in [5.74, 6) is 1.27. The monoisotopic (exact) mass is 389 g/mol. The number of carbonyl (C=O) groups excluding carboxylic acids is 1. The van der Waals surface area contributed by atoms with Crippen LogP contribution < -0.4 is 11.1 Å². The van der Waals surface area contributed by atoms with Crippen molar-refractivity contribution in [3.05, 3.63) is 45.9 Å². The van der Waals surface area contributed by atoms with Gasteiger partial charge in [0, 0.05) is 28.6 Å². The fourth-order valence-corrected chi connectivity index (χ4v) is 5.22. The molecule has 4 nitrogen and oxygen atoms in total. The number of hydrogen-bond acceptors (Lipinski definition) is 5. The van der Waals surface area contributed by atoms with Gasteiger partial charge in [-0.25, -0.2) is 4.98 Å². The van der Waals surface area contributed by atoms with E-state index in [1.54, 1.807) is 23.1 Å². The van der Waals surface area contributed by atoms with E-state index in [4.69, 9.17) is 5.73 Å². The number of hydrogen-bond donors (Lipinski definition) is 2. The summed E-state index contributed by atoms with van der Waals surface area (Å²) in [6, 6.07) is 7.88. The summed E-state index contributed by atoms with van der Waals surface area (Å²) in [5, 5.41) is 6.36. The van der Waals surface area contributed by atoms with Crippen molar-refractivity contribution in [1.82, 2.24) is 10.3 Å². The number of benzene rings is 1. The quantitative estimate of drug-likeness (QED) is 0.690. The number of aromatic nitrogens is 1. The third kappa shape index (κ3) is 5.09. The van der Waals surface area contributed by atoms with Crippen LogP contribution in [0.5, 0.6) is 0 Å². The van der Waals surface area contributed by atoms with E-state index in [0.29, 0.717) is 12.5 Å². The summed E-state index contributed by atoms with van der Waals surface area (Å²) in [6.07, 6.45) is 6.13. The Bertz CT molecular complexity index is 725. The molecule has 3 rings (SSSR count). The third-order valence-electron chi connectivity index (χ3n) is 4.96. The number of nitrogens with zero attached hydrogens (tertiary/aromatic N) is 1. The smallest absolute Gasteiger partial charge is 0.252 e. The lowest BCUT2D eigenvalue weighted by atomic mass is 9.84. The first-order valence-electron chi connectivity index (χ1n) is 9.31. The molecule has 0 aliphatic heterocycles. The average Bonchev–Trinajstić information content (AvgIpc) is 3.10. The van der Waals surface area contributed by atoms with Crippen LogP contribution in [-0.4, -0.2) is 23.5 Å². The van der Waals surface area contributed by atoms with Crippen molar-refractivity contribution in [1.29, 1.82) is 0 Å². The Morgan fingerprint density at radius 3 is 2.81 bits per heavy atom. The number of thioether (sulfide) groups is 1. The maximum atomic E-state index is 12.9. The Labute approximate surface area is 164 Å². The molecule has 1 atom stereocenters. The SMILES string of the molecule is Cc1nc(CSc2ccccc2C(=O)NC(CN)C2CCCCC2)cs1. The lowest BCUT2D eigenvalue weighted by Crippen LogP contribution is -2.46. The molecule has 1 aromatic carbocycles. The highest BCUT2D eigenvalue weighted by Gasteiger charge is 2.25. The van der Waals surface area contributed by atoms with Crippen LogP contribution in [0.1, 0.15) is 53.2 Å². The lowest BCUT2D eigenvalue weighted by Gasteiger charge is -2.30. The fraction of sp³-hybridized carbons (Fsp3) is 0.500. The molecule has 6 heteroatoms. The van der Waals surface area contributed by atoms with Gasteiger partial charge >= 0.3 is 0 Å². The van der Waals surface area contributed by atoms with Crippen molar-refractivity contribution >= 4 is 29.0 Å². The Balaban J connectivity index is 1.66. The van der Waals surface area contributed by atoms with Gasteiger partial charge in [-0.15, -0.1) is 23.1 Å². The maximum absolute atomic E-state index is 12.9. The van der Waals surface area contributed by atoms with E-state index >= 15 is 0 Å². The van der Waals surface area contributed by atoms with Crippen LogP contribution in [0.3, 0.4) is 0 Å². The van der Waals surface area contributed by atoms with Gasteiger partial charge in [-0.05, 0) is 37.8 Å². The zero-order chi connectivity index (χ0) is 18.4. The van der Waals surface area contributed by atoms with Crippen LogP contribution in [0, 0.1) is 12.8 Å².